The molecule has 2 rings (SSSR count). The van der Waals surface area contributed by atoms with E-state index in [9.17, 15) is 39.3 Å². The summed E-state index contributed by atoms with van der Waals surface area (Å²) in [4.78, 5) is 63.8. The first kappa shape index (κ1) is 36.1. The molecule has 0 aliphatic rings. The van der Waals surface area contributed by atoms with Crippen LogP contribution in [0.2, 0.25) is 0 Å². The quantitative estimate of drug-likeness (QED) is 0.103. The number of aliphatic hydroxyl groups is 1. The maximum absolute atomic E-state index is 13.4. The molecule has 0 saturated heterocycles. The number of carbonyl (C=O) groups excluding carboxylic acids is 4. The van der Waals surface area contributed by atoms with E-state index in [0.717, 1.165) is 0 Å². The topological polar surface area (TPSA) is 220 Å². The molecule has 0 aliphatic carbocycles. The smallest absolute Gasteiger partial charge is 0.327 e. The molecule has 0 fully saturated rings. The van der Waals surface area contributed by atoms with E-state index in [-0.39, 0.29) is 24.3 Å². The Bertz CT molecular complexity index is 1260. The predicted molar refractivity (Wildman–Crippen MR) is 166 cm³/mol. The normalized spacial score (nSPS) is 15.0. The fourth-order valence-corrected chi connectivity index (χ4v) is 4.43. The van der Waals surface area contributed by atoms with Gasteiger partial charge in [0.25, 0.3) is 0 Å². The minimum atomic E-state index is -1.50. The van der Waals surface area contributed by atoms with Gasteiger partial charge < -0.3 is 42.3 Å². The Kier molecular flexibility index (Phi) is 14.6. The van der Waals surface area contributed by atoms with Gasteiger partial charge in [0.05, 0.1) is 12.6 Å². The van der Waals surface area contributed by atoms with Crippen molar-refractivity contribution in [3.63, 3.8) is 0 Å². The van der Waals surface area contributed by atoms with Gasteiger partial charge in [0.15, 0.2) is 0 Å². The molecule has 44 heavy (non-hydrogen) atoms. The highest BCUT2D eigenvalue weighted by molar-refractivity contribution is 7.80. The summed E-state index contributed by atoms with van der Waals surface area (Å²) in [6.07, 6.45) is 0.619. The number of hydrogen-bond donors (Lipinski definition) is 9. The first-order chi connectivity index (χ1) is 20.9. The van der Waals surface area contributed by atoms with E-state index < -0.39 is 72.3 Å². The lowest BCUT2D eigenvalue weighted by Gasteiger charge is -2.28. The lowest BCUT2D eigenvalue weighted by molar-refractivity contribution is -0.142. The highest BCUT2D eigenvalue weighted by Gasteiger charge is 2.33. The van der Waals surface area contributed by atoms with Crippen molar-refractivity contribution in [3.8, 4) is 5.75 Å². The molecule has 9 N–H and O–H groups in total. The van der Waals surface area contributed by atoms with Gasteiger partial charge in [-0.25, -0.2) is 4.79 Å². The fraction of sp³-hybridized carbons (Fsp3) is 0.433. The van der Waals surface area contributed by atoms with E-state index in [1.54, 1.807) is 56.3 Å². The van der Waals surface area contributed by atoms with Crippen LogP contribution in [0.5, 0.6) is 5.75 Å². The highest BCUT2D eigenvalue weighted by Crippen LogP contribution is 2.12. The maximum Gasteiger partial charge on any atom is 0.327 e. The number of carboxylic acids is 1. The van der Waals surface area contributed by atoms with Crippen molar-refractivity contribution in [2.24, 2.45) is 11.7 Å². The molecule has 14 heteroatoms. The van der Waals surface area contributed by atoms with Gasteiger partial charge in [0.2, 0.25) is 23.6 Å². The van der Waals surface area contributed by atoms with Crippen LogP contribution in [0.15, 0.2) is 54.6 Å². The molecule has 0 aliphatic heterocycles. The van der Waals surface area contributed by atoms with E-state index in [2.05, 4.69) is 33.9 Å². The predicted octanol–water partition coefficient (Wildman–Crippen LogP) is -0.503. The molecule has 0 unspecified atom stereocenters. The Morgan fingerprint density at radius 1 is 0.773 bits per heavy atom. The number of thiol groups is 1. The Balaban J connectivity index is 2.18. The van der Waals surface area contributed by atoms with Crippen LogP contribution in [0.4, 0.5) is 0 Å². The summed E-state index contributed by atoms with van der Waals surface area (Å²) in [6.45, 7) is 2.63. The monoisotopic (exact) mass is 631 g/mol. The van der Waals surface area contributed by atoms with E-state index >= 15 is 0 Å². The third-order valence-electron chi connectivity index (χ3n) is 7.05. The van der Waals surface area contributed by atoms with Crippen LogP contribution in [0.3, 0.4) is 0 Å². The van der Waals surface area contributed by atoms with Gasteiger partial charge in [-0.3, -0.25) is 19.2 Å². The van der Waals surface area contributed by atoms with E-state index in [1.807, 2.05) is 0 Å². The van der Waals surface area contributed by atoms with Crippen molar-refractivity contribution < 1.29 is 39.3 Å². The molecule has 13 nitrogen and oxygen atoms in total. The number of carbonyl (C=O) groups is 5. The van der Waals surface area contributed by atoms with E-state index in [1.165, 1.54) is 12.1 Å². The summed E-state index contributed by atoms with van der Waals surface area (Å²) >= 11 is 3.94. The van der Waals surface area contributed by atoms with Gasteiger partial charge in [-0.05, 0) is 35.6 Å². The molecule has 6 atom stereocenters. The zero-order valence-corrected chi connectivity index (χ0v) is 25.5. The van der Waals surface area contributed by atoms with Crippen molar-refractivity contribution in [3.05, 3.63) is 65.7 Å². The Labute approximate surface area is 261 Å². The number of nitrogens with two attached hydrogens (primary N) is 1. The maximum atomic E-state index is 13.4. The molecule has 0 heterocycles. The summed E-state index contributed by atoms with van der Waals surface area (Å²) in [7, 11) is 0. The van der Waals surface area contributed by atoms with Gasteiger partial charge in [-0.1, -0.05) is 62.7 Å². The van der Waals surface area contributed by atoms with E-state index in [0.29, 0.717) is 17.5 Å². The number of aromatic hydroxyl groups is 1. The molecule has 0 bridgehead atoms. The van der Waals surface area contributed by atoms with Gasteiger partial charge in [-0.2, -0.15) is 12.6 Å². The van der Waals surface area contributed by atoms with Gasteiger partial charge in [0, 0.05) is 12.2 Å². The Morgan fingerprint density at radius 3 is 1.86 bits per heavy atom. The van der Waals surface area contributed by atoms with Crippen molar-refractivity contribution in [2.75, 3.05) is 12.4 Å². The second-order valence-electron chi connectivity index (χ2n) is 10.4. The molecule has 0 saturated carbocycles. The molecule has 2 aromatic rings. The average Bonchev–Trinajstić information content (AvgIpc) is 3.01. The second kappa shape index (κ2) is 17.9. The van der Waals surface area contributed by atoms with Crippen LogP contribution in [0.1, 0.15) is 31.4 Å². The number of carboxylic acid groups (broad SMARTS) is 1. The summed E-state index contributed by atoms with van der Waals surface area (Å²) in [6, 6.07) is 8.81. The number of aliphatic hydroxyl groups excluding tert-OH is 1. The van der Waals surface area contributed by atoms with Gasteiger partial charge in [-0.15, -0.1) is 0 Å². The molecule has 2 aromatic carbocycles. The van der Waals surface area contributed by atoms with Gasteiger partial charge in [0.1, 0.15) is 29.9 Å². The van der Waals surface area contributed by atoms with Crippen molar-refractivity contribution in [2.45, 2.75) is 63.3 Å². The second-order valence-corrected chi connectivity index (χ2v) is 10.8. The van der Waals surface area contributed by atoms with Crippen molar-refractivity contribution >= 4 is 42.2 Å². The summed E-state index contributed by atoms with van der Waals surface area (Å²) in [5.41, 5.74) is 7.50. The zero-order valence-electron chi connectivity index (χ0n) is 24.6. The Morgan fingerprint density at radius 2 is 1.32 bits per heavy atom. The fourth-order valence-electron chi connectivity index (χ4n) is 4.19. The standard InChI is InChI=1S/C30H41N5O8S/c1-3-17(2)25(29(41)34-24(16-44)30(42)43)35-28(40)23(15-36)33-27(39)22(14-18-7-5-4-6-8-18)32-26(38)21(31)13-19-9-11-20(37)12-10-19/h4-12,17,21-25,36-37,44H,3,13-16,31H2,1-2H3,(H,32,38)(H,33,39)(H,34,41)(H,35,40)(H,42,43)/t17-,21-,22-,23-,24-,25-/m0/s1. The number of aliphatic carboxylic acids is 1. The van der Waals surface area contributed by atoms with Crippen LogP contribution in [-0.2, 0) is 36.8 Å². The van der Waals surface area contributed by atoms with Crippen molar-refractivity contribution in [1.82, 2.24) is 21.3 Å². The third kappa shape index (κ3) is 11.2. The average molecular weight is 632 g/mol. The lowest BCUT2D eigenvalue weighted by Crippen LogP contribution is -2.60. The number of nitrogens with one attached hydrogen (secondary N) is 4. The molecular formula is C30H41N5O8S. The number of hydrogen-bond acceptors (Lipinski definition) is 9. The molecule has 240 valence electrons. The number of phenols is 1. The molecule has 0 spiro atoms. The molecule has 4 amide bonds. The largest absolute Gasteiger partial charge is 0.508 e. The molecular weight excluding hydrogens is 590 g/mol. The van der Waals surface area contributed by atoms with Crippen LogP contribution >= 0.6 is 12.6 Å². The summed E-state index contributed by atoms with van der Waals surface area (Å²) < 4.78 is 0. The van der Waals surface area contributed by atoms with Gasteiger partial charge >= 0.3 is 5.97 Å². The number of amides is 4. The highest BCUT2D eigenvalue weighted by atomic mass is 32.1. The van der Waals surface area contributed by atoms with Crippen molar-refractivity contribution in [1.29, 1.82) is 0 Å². The third-order valence-corrected chi connectivity index (χ3v) is 7.42. The number of rotatable bonds is 17. The number of phenolic OH excluding ortho intramolecular Hbond substituents is 1. The molecule has 0 radical (unpaired) electrons. The first-order valence-corrected chi connectivity index (χ1v) is 14.8. The minimum Gasteiger partial charge on any atom is -0.508 e. The van der Waals surface area contributed by atoms with Crippen LogP contribution in [-0.4, -0.2) is 87.5 Å². The SMILES string of the molecule is CC[C@H](C)[C@H](NC(=O)[C@H](CO)NC(=O)[C@H](Cc1ccccc1)NC(=O)[C@@H](N)Cc1ccc(O)cc1)C(=O)N[C@@H](CS)C(=O)O. The summed E-state index contributed by atoms with van der Waals surface area (Å²) in [5.74, 6) is -4.89. The Hall–Kier alpha value is -4.14. The first-order valence-electron chi connectivity index (χ1n) is 14.1. The van der Waals surface area contributed by atoms with E-state index in [4.69, 9.17) is 5.73 Å². The molecule has 0 aromatic heterocycles. The number of benzene rings is 2. The summed E-state index contributed by atoms with van der Waals surface area (Å²) in [5, 5.41) is 38.6. The minimum absolute atomic E-state index is 0.0440. The van der Waals surface area contributed by atoms with Crippen LogP contribution < -0.4 is 27.0 Å². The lowest BCUT2D eigenvalue weighted by atomic mass is 9.97. The van der Waals surface area contributed by atoms with Crippen LogP contribution in [0.25, 0.3) is 0 Å². The van der Waals surface area contributed by atoms with Crippen LogP contribution in [0, 0.1) is 5.92 Å². The zero-order chi connectivity index (χ0) is 32.8.